The summed E-state index contributed by atoms with van der Waals surface area (Å²) in [4.78, 5) is 0. The van der Waals surface area contributed by atoms with Crippen molar-refractivity contribution in [1.29, 1.82) is 0 Å². The number of nitrogens with one attached hydrogen (secondary N) is 1. The third-order valence-corrected chi connectivity index (χ3v) is 3.46. The van der Waals surface area contributed by atoms with Crippen LogP contribution in [0.3, 0.4) is 0 Å². The first-order valence-corrected chi connectivity index (χ1v) is 7.04. The lowest BCUT2D eigenvalue weighted by atomic mass is 10.1. The quantitative estimate of drug-likeness (QED) is 0.701. The molecule has 0 bridgehead atoms. The van der Waals surface area contributed by atoms with Crippen LogP contribution in [0.15, 0.2) is 18.2 Å². The van der Waals surface area contributed by atoms with E-state index in [0.717, 1.165) is 35.6 Å². The minimum atomic E-state index is -0.143. The lowest BCUT2D eigenvalue weighted by Crippen LogP contribution is -2.17. The number of benzene rings is 1. The molecule has 0 spiro atoms. The Morgan fingerprint density at radius 3 is 2.94 bits per heavy atom. The van der Waals surface area contributed by atoms with Crippen molar-refractivity contribution >= 4 is 11.8 Å². The zero-order valence-corrected chi connectivity index (χ0v) is 11.0. The average molecular weight is 257 g/mol. The second-order valence-electron chi connectivity index (χ2n) is 3.96. The molecule has 0 fully saturated rings. The maximum absolute atomic E-state index is 13.4. The molecule has 0 saturated carbocycles. The Morgan fingerprint density at radius 2 is 2.18 bits per heavy atom. The molecule has 96 valence electrons. The zero-order valence-electron chi connectivity index (χ0n) is 10.2. The van der Waals surface area contributed by atoms with Gasteiger partial charge in [-0.2, -0.15) is 11.8 Å². The van der Waals surface area contributed by atoms with Gasteiger partial charge in [-0.15, -0.1) is 0 Å². The van der Waals surface area contributed by atoms with Crippen molar-refractivity contribution in [1.82, 2.24) is 5.32 Å². The first-order chi connectivity index (χ1) is 8.24. The van der Waals surface area contributed by atoms with E-state index in [-0.39, 0.29) is 12.4 Å². The van der Waals surface area contributed by atoms with E-state index >= 15 is 0 Å². The molecule has 1 rings (SSSR count). The lowest BCUT2D eigenvalue weighted by molar-refractivity contribution is 0.296. The van der Waals surface area contributed by atoms with Crippen LogP contribution in [0.1, 0.15) is 17.5 Å². The Balaban J connectivity index is 2.15. The van der Waals surface area contributed by atoms with Crippen molar-refractivity contribution < 1.29 is 9.50 Å². The van der Waals surface area contributed by atoms with Gasteiger partial charge in [-0.05, 0) is 25.2 Å². The van der Waals surface area contributed by atoms with Gasteiger partial charge in [0.1, 0.15) is 5.82 Å². The van der Waals surface area contributed by atoms with Crippen molar-refractivity contribution in [3.8, 4) is 0 Å². The SMILES string of the molecule is Cc1ccc(F)c(CNCCSCCCO)c1. The highest BCUT2D eigenvalue weighted by Crippen LogP contribution is 2.09. The Labute approximate surface area is 107 Å². The largest absolute Gasteiger partial charge is 0.396 e. The molecule has 1 aromatic rings. The van der Waals surface area contributed by atoms with Crippen LogP contribution in [0.4, 0.5) is 4.39 Å². The van der Waals surface area contributed by atoms with Crippen LogP contribution >= 0.6 is 11.8 Å². The third kappa shape index (κ3) is 6.05. The molecule has 1 aromatic carbocycles. The average Bonchev–Trinajstić information content (AvgIpc) is 2.32. The van der Waals surface area contributed by atoms with E-state index in [9.17, 15) is 4.39 Å². The summed E-state index contributed by atoms with van der Waals surface area (Å²) in [5, 5.41) is 11.8. The van der Waals surface area contributed by atoms with E-state index in [2.05, 4.69) is 5.32 Å². The summed E-state index contributed by atoms with van der Waals surface area (Å²) in [7, 11) is 0. The molecule has 0 amide bonds. The molecule has 0 aliphatic carbocycles. The van der Waals surface area contributed by atoms with Crippen LogP contribution in [-0.4, -0.2) is 29.8 Å². The summed E-state index contributed by atoms with van der Waals surface area (Å²) in [6, 6.07) is 5.17. The molecule has 0 atom stereocenters. The molecule has 0 aliphatic rings. The molecule has 2 N–H and O–H groups in total. The fourth-order valence-corrected chi connectivity index (χ4v) is 2.30. The summed E-state index contributed by atoms with van der Waals surface area (Å²) in [6.45, 7) is 3.67. The molecule has 0 radical (unpaired) electrons. The number of aliphatic hydroxyl groups is 1. The van der Waals surface area contributed by atoms with Gasteiger partial charge in [-0.1, -0.05) is 17.7 Å². The van der Waals surface area contributed by atoms with Gasteiger partial charge >= 0.3 is 0 Å². The van der Waals surface area contributed by atoms with Crippen LogP contribution in [0.25, 0.3) is 0 Å². The summed E-state index contributed by atoms with van der Waals surface area (Å²) in [6.07, 6.45) is 0.844. The number of aliphatic hydroxyl groups excluding tert-OH is 1. The Hall–Kier alpha value is -0.580. The predicted molar refractivity (Wildman–Crippen MR) is 71.9 cm³/mol. The molecule has 0 unspecified atom stereocenters. The second-order valence-corrected chi connectivity index (χ2v) is 5.19. The van der Waals surface area contributed by atoms with Crippen molar-refractivity contribution in [2.75, 3.05) is 24.7 Å². The fourth-order valence-electron chi connectivity index (χ4n) is 1.48. The van der Waals surface area contributed by atoms with Crippen LogP contribution < -0.4 is 5.32 Å². The molecule has 0 aromatic heterocycles. The molecule has 17 heavy (non-hydrogen) atoms. The highest BCUT2D eigenvalue weighted by Gasteiger charge is 2.01. The number of halogens is 1. The van der Waals surface area contributed by atoms with E-state index in [1.165, 1.54) is 6.07 Å². The first kappa shape index (κ1) is 14.5. The van der Waals surface area contributed by atoms with E-state index in [4.69, 9.17) is 5.11 Å². The van der Waals surface area contributed by atoms with Crippen molar-refractivity contribution in [2.45, 2.75) is 19.9 Å². The topological polar surface area (TPSA) is 32.3 Å². The van der Waals surface area contributed by atoms with Gasteiger partial charge in [-0.3, -0.25) is 0 Å². The molecular formula is C13H20FNOS. The van der Waals surface area contributed by atoms with Gasteiger partial charge in [-0.25, -0.2) is 4.39 Å². The van der Waals surface area contributed by atoms with Crippen LogP contribution in [0.5, 0.6) is 0 Å². The second kappa shape index (κ2) is 8.50. The van der Waals surface area contributed by atoms with Gasteiger partial charge < -0.3 is 10.4 Å². The summed E-state index contributed by atoms with van der Waals surface area (Å²) in [5.41, 5.74) is 1.81. The normalized spacial score (nSPS) is 10.8. The minimum absolute atomic E-state index is 0.143. The van der Waals surface area contributed by atoms with Crippen LogP contribution in [-0.2, 0) is 6.54 Å². The van der Waals surface area contributed by atoms with Crippen molar-refractivity contribution in [2.24, 2.45) is 0 Å². The third-order valence-electron chi connectivity index (χ3n) is 2.39. The maximum Gasteiger partial charge on any atom is 0.127 e. The monoisotopic (exact) mass is 257 g/mol. The molecule has 0 heterocycles. The molecule has 0 saturated heterocycles. The zero-order chi connectivity index (χ0) is 12.5. The smallest absolute Gasteiger partial charge is 0.127 e. The van der Waals surface area contributed by atoms with Gasteiger partial charge in [0.05, 0.1) is 0 Å². The lowest BCUT2D eigenvalue weighted by Gasteiger charge is -2.06. The molecule has 2 nitrogen and oxygen atoms in total. The Kier molecular flexibility index (Phi) is 7.24. The molecular weight excluding hydrogens is 237 g/mol. The number of rotatable bonds is 8. The maximum atomic E-state index is 13.4. The van der Waals surface area contributed by atoms with E-state index in [0.29, 0.717) is 6.54 Å². The van der Waals surface area contributed by atoms with E-state index < -0.39 is 0 Å². The standard InChI is InChI=1S/C13H20FNOS/c1-11-3-4-13(14)12(9-11)10-15-5-8-17-7-2-6-16/h3-4,9,15-16H,2,5-8,10H2,1H3. The number of thioether (sulfide) groups is 1. The Bertz CT molecular complexity index is 333. The van der Waals surface area contributed by atoms with Crippen molar-refractivity contribution in [3.63, 3.8) is 0 Å². The van der Waals surface area contributed by atoms with Gasteiger partial charge in [0.15, 0.2) is 0 Å². The van der Waals surface area contributed by atoms with Gasteiger partial charge in [0, 0.05) is 31.0 Å². The highest BCUT2D eigenvalue weighted by atomic mass is 32.2. The number of hydrogen-bond donors (Lipinski definition) is 2. The van der Waals surface area contributed by atoms with Gasteiger partial charge in [0.25, 0.3) is 0 Å². The fraction of sp³-hybridized carbons (Fsp3) is 0.538. The number of hydrogen-bond acceptors (Lipinski definition) is 3. The minimum Gasteiger partial charge on any atom is -0.396 e. The van der Waals surface area contributed by atoms with E-state index in [1.54, 1.807) is 17.8 Å². The summed E-state index contributed by atoms with van der Waals surface area (Å²) < 4.78 is 13.4. The van der Waals surface area contributed by atoms with Crippen LogP contribution in [0, 0.1) is 12.7 Å². The molecule has 4 heteroatoms. The van der Waals surface area contributed by atoms with Gasteiger partial charge in [0.2, 0.25) is 0 Å². The molecule has 0 aliphatic heterocycles. The predicted octanol–water partition coefficient (Wildman–Crippen LogP) is 2.34. The highest BCUT2D eigenvalue weighted by molar-refractivity contribution is 7.99. The summed E-state index contributed by atoms with van der Waals surface area (Å²) >= 11 is 1.80. The van der Waals surface area contributed by atoms with E-state index in [1.807, 2.05) is 13.0 Å². The number of aryl methyl sites for hydroxylation is 1. The van der Waals surface area contributed by atoms with Crippen molar-refractivity contribution in [3.05, 3.63) is 35.1 Å². The van der Waals surface area contributed by atoms with Crippen LogP contribution in [0.2, 0.25) is 0 Å². The summed E-state index contributed by atoms with van der Waals surface area (Å²) in [5.74, 6) is 1.83. The first-order valence-electron chi connectivity index (χ1n) is 5.88. The Morgan fingerprint density at radius 1 is 1.35 bits per heavy atom.